The molecular weight excluding hydrogens is 519 g/mol. The molecular formula is C28H24F3NO5S. The van der Waals surface area contributed by atoms with Gasteiger partial charge in [0, 0.05) is 25.8 Å². The molecule has 0 atom stereocenters. The smallest absolute Gasteiger partial charge is 0.383 e. The first kappa shape index (κ1) is 27.2. The Bertz CT molecular complexity index is 1550. The van der Waals surface area contributed by atoms with E-state index in [0.717, 1.165) is 29.0 Å². The number of hydrogen-bond acceptors (Lipinski definition) is 5. The second kappa shape index (κ2) is 11.2. The number of ether oxygens (including phenoxy) is 1. The number of alkyl halides is 3. The second-order valence-electron chi connectivity index (χ2n) is 8.46. The third-order valence-corrected chi connectivity index (χ3v) is 7.04. The average Bonchev–Trinajstić information content (AvgIpc) is 2.90. The molecule has 0 radical (unpaired) electrons. The number of methoxy groups -OCH3 is 1. The van der Waals surface area contributed by atoms with Crippen LogP contribution in [0.15, 0.2) is 95.9 Å². The Morgan fingerprint density at radius 1 is 0.895 bits per heavy atom. The summed E-state index contributed by atoms with van der Waals surface area (Å²) < 4.78 is 74.9. The molecule has 0 bridgehead atoms. The highest BCUT2D eigenvalue weighted by atomic mass is 32.2. The van der Waals surface area contributed by atoms with Gasteiger partial charge >= 0.3 is 16.3 Å². The Morgan fingerprint density at radius 3 is 2.37 bits per heavy atom. The van der Waals surface area contributed by atoms with Crippen LogP contribution in [-0.4, -0.2) is 39.5 Å². The fourth-order valence-electron chi connectivity index (χ4n) is 3.95. The van der Waals surface area contributed by atoms with Gasteiger partial charge in [0.15, 0.2) is 0 Å². The lowest BCUT2D eigenvalue weighted by molar-refractivity contribution is -0.137. The number of halogens is 3. The molecule has 4 rings (SSSR count). The summed E-state index contributed by atoms with van der Waals surface area (Å²) in [7, 11) is -3.02. The summed E-state index contributed by atoms with van der Waals surface area (Å²) in [6.07, 6.45) is -4.70. The van der Waals surface area contributed by atoms with E-state index in [2.05, 4.69) is 0 Å². The van der Waals surface area contributed by atoms with Gasteiger partial charge in [-0.25, -0.2) is 0 Å². The lowest BCUT2D eigenvalue weighted by Gasteiger charge is -2.23. The van der Waals surface area contributed by atoms with E-state index < -0.39 is 26.8 Å². The summed E-state index contributed by atoms with van der Waals surface area (Å²) in [5.41, 5.74) is -0.0261. The summed E-state index contributed by atoms with van der Waals surface area (Å²) in [6, 6.07) is 22.4. The van der Waals surface area contributed by atoms with Crippen LogP contribution >= 0.6 is 0 Å². The summed E-state index contributed by atoms with van der Waals surface area (Å²) in [5.74, 6) is -0.328. The zero-order chi connectivity index (χ0) is 27.3. The van der Waals surface area contributed by atoms with Crippen LogP contribution in [0.2, 0.25) is 0 Å². The summed E-state index contributed by atoms with van der Waals surface area (Å²) in [5, 5.41) is 1.71. The van der Waals surface area contributed by atoms with Gasteiger partial charge in [0.2, 0.25) is 0 Å². The summed E-state index contributed by atoms with van der Waals surface area (Å²) in [6.45, 7) is 0.662. The molecule has 0 aliphatic rings. The predicted octanol–water partition coefficient (Wildman–Crippen LogP) is 5.92. The number of carbonyl (C=O) groups is 1. The maximum absolute atomic E-state index is 13.5. The van der Waals surface area contributed by atoms with Gasteiger partial charge < -0.3 is 13.8 Å². The van der Waals surface area contributed by atoms with Gasteiger partial charge in [-0.05, 0) is 52.7 Å². The molecule has 0 aromatic heterocycles. The number of rotatable bonds is 9. The number of hydrogen-bond donors (Lipinski definition) is 0. The highest BCUT2D eigenvalue weighted by molar-refractivity contribution is 7.87. The summed E-state index contributed by atoms with van der Waals surface area (Å²) in [4.78, 5) is 14.5. The Hall–Kier alpha value is -3.89. The molecule has 0 unspecified atom stereocenters. The fraction of sp³-hybridized carbons (Fsp3) is 0.179. The van der Waals surface area contributed by atoms with Gasteiger partial charge in [-0.2, -0.15) is 21.6 Å². The molecule has 1 amide bonds. The van der Waals surface area contributed by atoms with Gasteiger partial charge in [0.05, 0.1) is 12.2 Å². The van der Waals surface area contributed by atoms with Crippen LogP contribution < -0.4 is 4.18 Å². The zero-order valence-electron chi connectivity index (χ0n) is 20.3. The van der Waals surface area contributed by atoms with Crippen LogP contribution in [0.25, 0.3) is 10.8 Å². The largest absolute Gasteiger partial charge is 0.416 e. The Labute approximate surface area is 218 Å². The van der Waals surface area contributed by atoms with Crippen molar-refractivity contribution in [2.45, 2.75) is 17.6 Å². The molecule has 0 fully saturated rings. The Morgan fingerprint density at radius 2 is 1.61 bits per heavy atom. The molecule has 6 nitrogen and oxygen atoms in total. The van der Waals surface area contributed by atoms with Crippen molar-refractivity contribution in [3.63, 3.8) is 0 Å². The molecule has 198 valence electrons. The number of benzene rings is 4. The molecule has 0 spiro atoms. The minimum absolute atomic E-state index is 0.0933. The van der Waals surface area contributed by atoms with Crippen LogP contribution in [-0.2, 0) is 27.6 Å². The van der Waals surface area contributed by atoms with Crippen molar-refractivity contribution >= 4 is 26.8 Å². The van der Waals surface area contributed by atoms with Crippen LogP contribution in [0.3, 0.4) is 0 Å². The van der Waals surface area contributed by atoms with Crippen LogP contribution in [0, 0.1) is 0 Å². The minimum Gasteiger partial charge on any atom is -0.383 e. The fourth-order valence-corrected chi connectivity index (χ4v) is 4.92. The first-order chi connectivity index (χ1) is 18.1. The predicted molar refractivity (Wildman–Crippen MR) is 136 cm³/mol. The van der Waals surface area contributed by atoms with Crippen molar-refractivity contribution in [2.24, 2.45) is 0 Å². The van der Waals surface area contributed by atoms with Gasteiger partial charge in [-0.1, -0.05) is 54.6 Å². The maximum Gasteiger partial charge on any atom is 0.416 e. The van der Waals surface area contributed by atoms with E-state index in [0.29, 0.717) is 17.2 Å². The quantitative estimate of drug-likeness (QED) is 0.245. The zero-order valence-corrected chi connectivity index (χ0v) is 21.1. The number of carbonyl (C=O) groups excluding carboxylic acids is 1. The van der Waals surface area contributed by atoms with Crippen molar-refractivity contribution in [2.75, 3.05) is 20.3 Å². The van der Waals surface area contributed by atoms with E-state index in [1.807, 2.05) is 30.3 Å². The minimum atomic E-state index is -4.70. The van der Waals surface area contributed by atoms with E-state index in [9.17, 15) is 26.4 Å². The normalized spacial score (nSPS) is 11.9. The molecule has 0 aliphatic carbocycles. The molecule has 4 aromatic rings. The van der Waals surface area contributed by atoms with Crippen molar-refractivity contribution < 1.29 is 35.3 Å². The number of nitrogens with zero attached hydrogens (tertiary/aromatic N) is 1. The lowest BCUT2D eigenvalue weighted by Crippen LogP contribution is -2.33. The van der Waals surface area contributed by atoms with E-state index in [1.165, 1.54) is 19.2 Å². The Balaban J connectivity index is 1.58. The van der Waals surface area contributed by atoms with Gasteiger partial charge in [-0.15, -0.1) is 0 Å². The lowest BCUT2D eigenvalue weighted by atomic mass is 10.0. The van der Waals surface area contributed by atoms with Crippen LogP contribution in [0.1, 0.15) is 21.5 Å². The standard InChI is InChI=1S/C28H24F3NO5S/c1-36-16-15-32(27(33)26-14-5-9-21-8-2-3-13-25(21)26)19-20-7-4-11-23(17-20)37-38(34,35)24-12-6-10-22(18-24)28(29,30)31/h2-14,17-18H,15-16,19H2,1H3. The first-order valence-electron chi connectivity index (χ1n) is 11.5. The second-order valence-corrected chi connectivity index (χ2v) is 10.0. The average molecular weight is 544 g/mol. The van der Waals surface area contributed by atoms with Crippen LogP contribution in [0.5, 0.6) is 5.75 Å². The van der Waals surface area contributed by atoms with Crippen molar-refractivity contribution in [3.05, 3.63) is 108 Å². The number of fused-ring (bicyclic) bond motifs is 1. The highest BCUT2D eigenvalue weighted by Crippen LogP contribution is 2.31. The third kappa shape index (κ3) is 6.32. The molecule has 0 heterocycles. The third-order valence-electron chi connectivity index (χ3n) is 5.80. The maximum atomic E-state index is 13.5. The van der Waals surface area contributed by atoms with Crippen molar-refractivity contribution in [1.82, 2.24) is 4.90 Å². The van der Waals surface area contributed by atoms with Gasteiger partial charge in [0.1, 0.15) is 10.6 Å². The van der Waals surface area contributed by atoms with E-state index in [1.54, 1.807) is 29.2 Å². The summed E-state index contributed by atoms with van der Waals surface area (Å²) >= 11 is 0. The van der Waals surface area contributed by atoms with Gasteiger partial charge in [0.25, 0.3) is 5.91 Å². The van der Waals surface area contributed by atoms with Crippen LogP contribution in [0.4, 0.5) is 13.2 Å². The molecule has 38 heavy (non-hydrogen) atoms. The highest BCUT2D eigenvalue weighted by Gasteiger charge is 2.32. The molecule has 0 saturated heterocycles. The topological polar surface area (TPSA) is 72.9 Å². The van der Waals surface area contributed by atoms with E-state index >= 15 is 0 Å². The molecule has 0 N–H and O–H groups in total. The van der Waals surface area contributed by atoms with Gasteiger partial charge in [-0.3, -0.25) is 4.79 Å². The first-order valence-corrected chi connectivity index (χ1v) is 13.0. The van der Waals surface area contributed by atoms with E-state index in [-0.39, 0.29) is 31.4 Å². The SMILES string of the molecule is COCCN(Cc1cccc(OS(=O)(=O)c2cccc(C(F)(F)F)c2)c1)C(=O)c1cccc2ccccc12. The molecule has 0 aliphatic heterocycles. The Kier molecular flexibility index (Phi) is 8.03. The number of amides is 1. The molecule has 4 aromatic carbocycles. The van der Waals surface area contributed by atoms with Crippen molar-refractivity contribution in [1.29, 1.82) is 0 Å². The van der Waals surface area contributed by atoms with E-state index in [4.69, 9.17) is 8.92 Å². The monoisotopic (exact) mass is 543 g/mol. The molecule has 10 heteroatoms. The molecule has 0 saturated carbocycles. The van der Waals surface area contributed by atoms with Crippen molar-refractivity contribution in [3.8, 4) is 5.75 Å².